The van der Waals surface area contributed by atoms with E-state index in [1.54, 1.807) is 34.9 Å². The smallest absolute Gasteiger partial charge is 0.271 e. The lowest BCUT2D eigenvalue weighted by Gasteiger charge is -2.29. The second-order valence-corrected chi connectivity index (χ2v) is 11.0. The van der Waals surface area contributed by atoms with E-state index in [0.29, 0.717) is 55.5 Å². The Bertz CT molecular complexity index is 1780. The van der Waals surface area contributed by atoms with Crippen molar-refractivity contribution in [3.63, 3.8) is 0 Å². The Hall–Kier alpha value is -3.96. The van der Waals surface area contributed by atoms with Gasteiger partial charge in [0.2, 0.25) is 0 Å². The number of furan rings is 1. The van der Waals surface area contributed by atoms with Gasteiger partial charge in [-0.25, -0.2) is 15.0 Å². The van der Waals surface area contributed by atoms with E-state index in [4.69, 9.17) is 14.1 Å². The molecule has 0 spiro atoms. The normalized spacial score (nSPS) is 15.1. The number of rotatable bonds is 8. The molecule has 11 heteroatoms. The van der Waals surface area contributed by atoms with E-state index in [9.17, 15) is 9.59 Å². The van der Waals surface area contributed by atoms with Crippen LogP contribution >= 0.6 is 23.1 Å². The number of carbonyl (C=O) groups is 1. The lowest BCUT2D eigenvalue weighted by atomic mass is 9.94. The van der Waals surface area contributed by atoms with Crippen LogP contribution in [0.25, 0.3) is 6.08 Å². The second kappa shape index (κ2) is 11.6. The molecule has 1 aliphatic heterocycles. The van der Waals surface area contributed by atoms with E-state index in [1.165, 1.54) is 23.1 Å². The highest BCUT2D eigenvalue weighted by molar-refractivity contribution is 7.99. The fourth-order valence-corrected chi connectivity index (χ4v) is 6.41. The number of hydrogen-bond donors (Lipinski definition) is 0. The summed E-state index contributed by atoms with van der Waals surface area (Å²) in [5.74, 6) is 0.958. The Morgan fingerprint density at radius 1 is 1.18 bits per heavy atom. The number of nitrogens with zero attached hydrogens (tertiary/aromatic N) is 5. The van der Waals surface area contributed by atoms with E-state index < -0.39 is 6.04 Å². The van der Waals surface area contributed by atoms with E-state index >= 15 is 0 Å². The summed E-state index contributed by atoms with van der Waals surface area (Å²) in [6.07, 6.45) is 3.41. The maximum absolute atomic E-state index is 13.9. The molecular formula is C29H29N5O4S2. The highest BCUT2D eigenvalue weighted by atomic mass is 32.2. The summed E-state index contributed by atoms with van der Waals surface area (Å²) in [5.41, 5.74) is 2.36. The molecule has 1 aliphatic rings. The molecule has 0 aliphatic carbocycles. The van der Waals surface area contributed by atoms with Crippen LogP contribution in [0, 0.1) is 6.92 Å². The number of carbonyl (C=O) groups excluding carboxylic acids is 1. The van der Waals surface area contributed by atoms with Crippen molar-refractivity contribution in [2.45, 2.75) is 44.0 Å². The molecule has 9 nitrogen and oxygen atoms in total. The minimum absolute atomic E-state index is 0.150. The van der Waals surface area contributed by atoms with Crippen LogP contribution in [0.1, 0.15) is 43.8 Å². The number of ether oxygens (including phenoxy) is 1. The van der Waals surface area contributed by atoms with Crippen molar-refractivity contribution < 1.29 is 13.9 Å². The maximum Gasteiger partial charge on any atom is 0.271 e. The molecule has 0 saturated heterocycles. The summed E-state index contributed by atoms with van der Waals surface area (Å²) in [6.45, 7) is 8.68. The third-order valence-electron chi connectivity index (χ3n) is 6.58. The van der Waals surface area contributed by atoms with Crippen molar-refractivity contribution in [2.75, 3.05) is 20.2 Å². The third kappa shape index (κ3) is 5.26. The summed E-state index contributed by atoms with van der Waals surface area (Å²) in [5, 5.41) is 1.19. The number of allylic oxidation sites excluding steroid dienone is 1. The number of thiazole rings is 1. The standard InChI is InChI=1S/C29H29N5O4S2/c1-6-33(7-2)27(36)24-18(4)32-29-34(25(24)20-10-8-9-11-21(20)37-5)26(35)22(39-29)16-19-12-13-23(38-19)40-28-30-15-14-17(3)31-28/h8-16,25H,6-7H2,1-5H3/b22-16-/t25-/m0/s1. The van der Waals surface area contributed by atoms with E-state index in [2.05, 4.69) is 9.97 Å². The number of amides is 1. The molecule has 40 heavy (non-hydrogen) atoms. The Kier molecular flexibility index (Phi) is 8.04. The first kappa shape index (κ1) is 27.6. The van der Waals surface area contributed by atoms with Crippen LogP contribution in [0.5, 0.6) is 5.75 Å². The molecule has 1 atom stereocenters. The summed E-state index contributed by atoms with van der Waals surface area (Å²) in [6, 6.07) is 12.2. The molecule has 3 aromatic heterocycles. The molecule has 4 heterocycles. The molecule has 206 valence electrons. The van der Waals surface area contributed by atoms with Crippen LogP contribution < -0.4 is 19.6 Å². The van der Waals surface area contributed by atoms with Gasteiger partial charge < -0.3 is 14.1 Å². The highest BCUT2D eigenvalue weighted by Crippen LogP contribution is 2.36. The molecule has 5 rings (SSSR count). The number of para-hydroxylation sites is 1. The summed E-state index contributed by atoms with van der Waals surface area (Å²) in [7, 11) is 1.58. The Morgan fingerprint density at radius 3 is 2.67 bits per heavy atom. The minimum atomic E-state index is -0.691. The van der Waals surface area contributed by atoms with Crippen LogP contribution in [-0.4, -0.2) is 45.5 Å². The van der Waals surface area contributed by atoms with Crippen LogP contribution in [-0.2, 0) is 4.79 Å². The van der Waals surface area contributed by atoms with Crippen LogP contribution in [0.2, 0.25) is 0 Å². The zero-order valence-corrected chi connectivity index (χ0v) is 24.5. The zero-order valence-electron chi connectivity index (χ0n) is 22.9. The second-order valence-electron chi connectivity index (χ2n) is 9.04. The van der Waals surface area contributed by atoms with Crippen molar-refractivity contribution in [3.8, 4) is 5.75 Å². The van der Waals surface area contributed by atoms with Crippen LogP contribution in [0.3, 0.4) is 0 Å². The largest absolute Gasteiger partial charge is 0.496 e. The van der Waals surface area contributed by atoms with Gasteiger partial charge in [0.25, 0.3) is 11.5 Å². The van der Waals surface area contributed by atoms with Crippen molar-refractivity contribution >= 4 is 35.1 Å². The number of aryl methyl sites for hydroxylation is 1. The maximum atomic E-state index is 13.9. The molecule has 0 bridgehead atoms. The minimum Gasteiger partial charge on any atom is -0.496 e. The van der Waals surface area contributed by atoms with Gasteiger partial charge in [-0.2, -0.15) is 0 Å². The average molecular weight is 576 g/mol. The molecule has 0 fully saturated rings. The summed E-state index contributed by atoms with van der Waals surface area (Å²) in [4.78, 5) is 43.3. The fraction of sp³-hybridized carbons (Fsp3) is 0.276. The molecule has 4 aromatic rings. The third-order valence-corrected chi connectivity index (χ3v) is 8.36. The van der Waals surface area contributed by atoms with Crippen molar-refractivity contribution in [1.82, 2.24) is 19.4 Å². The van der Waals surface area contributed by atoms with Crippen LogP contribution in [0.4, 0.5) is 0 Å². The predicted molar refractivity (Wildman–Crippen MR) is 154 cm³/mol. The first-order valence-corrected chi connectivity index (χ1v) is 14.5. The van der Waals surface area contributed by atoms with Gasteiger partial charge in [-0.05, 0) is 63.7 Å². The SMILES string of the molecule is CCN(CC)C(=O)C1=C(C)N=c2s/c(=C\c3ccc(Sc4nccc(C)n4)o3)c(=O)n2[C@H]1c1ccccc1OC. The number of methoxy groups -OCH3 is 1. The van der Waals surface area contributed by atoms with Gasteiger partial charge in [-0.1, -0.05) is 29.5 Å². The lowest BCUT2D eigenvalue weighted by Crippen LogP contribution is -2.43. The highest BCUT2D eigenvalue weighted by Gasteiger charge is 2.35. The van der Waals surface area contributed by atoms with Crippen molar-refractivity contribution in [1.29, 1.82) is 0 Å². The van der Waals surface area contributed by atoms with Gasteiger partial charge in [0.05, 0.1) is 22.9 Å². The topological polar surface area (TPSA) is 103 Å². The fourth-order valence-electron chi connectivity index (χ4n) is 4.62. The van der Waals surface area contributed by atoms with Gasteiger partial charge in [0.15, 0.2) is 15.1 Å². The van der Waals surface area contributed by atoms with Crippen LogP contribution in [0.15, 0.2) is 84.4 Å². The molecule has 0 unspecified atom stereocenters. The molecule has 0 radical (unpaired) electrons. The molecular weight excluding hydrogens is 546 g/mol. The quantitative estimate of drug-likeness (QED) is 0.293. The zero-order chi connectivity index (χ0) is 28.4. The number of fused-ring (bicyclic) bond motifs is 1. The average Bonchev–Trinajstić information content (AvgIpc) is 3.51. The molecule has 0 N–H and O–H groups in total. The number of likely N-dealkylation sites (N-methyl/N-ethyl adjacent to an activating group) is 1. The Morgan fingerprint density at radius 2 is 1.95 bits per heavy atom. The van der Waals surface area contributed by atoms with Gasteiger partial charge >= 0.3 is 0 Å². The van der Waals surface area contributed by atoms with Crippen molar-refractivity contribution in [2.24, 2.45) is 4.99 Å². The van der Waals surface area contributed by atoms with Gasteiger partial charge in [0.1, 0.15) is 17.6 Å². The Balaban J connectivity index is 1.62. The number of benzene rings is 1. The van der Waals surface area contributed by atoms with E-state index in [-0.39, 0.29) is 11.5 Å². The summed E-state index contributed by atoms with van der Waals surface area (Å²) >= 11 is 2.57. The van der Waals surface area contributed by atoms with Gasteiger partial charge in [-0.3, -0.25) is 14.2 Å². The molecule has 1 amide bonds. The van der Waals surface area contributed by atoms with Crippen molar-refractivity contribution in [3.05, 3.63) is 96.6 Å². The monoisotopic (exact) mass is 575 g/mol. The van der Waals surface area contributed by atoms with Gasteiger partial charge in [0, 0.05) is 36.6 Å². The molecule has 0 saturated carbocycles. The first-order valence-electron chi connectivity index (χ1n) is 12.9. The first-order chi connectivity index (χ1) is 19.3. The Labute approximate surface area is 239 Å². The van der Waals surface area contributed by atoms with Gasteiger partial charge in [-0.15, -0.1) is 0 Å². The predicted octanol–water partition coefficient (Wildman–Crippen LogP) is 3.95. The lowest BCUT2D eigenvalue weighted by molar-refractivity contribution is -0.127. The van der Waals surface area contributed by atoms with E-state index in [0.717, 1.165) is 11.3 Å². The van der Waals surface area contributed by atoms with E-state index in [1.807, 2.05) is 64.1 Å². The molecule has 1 aromatic carbocycles. The summed E-state index contributed by atoms with van der Waals surface area (Å²) < 4.78 is 13.7. The number of aromatic nitrogens is 3. The number of hydrogen-bond acceptors (Lipinski definition) is 9.